The Morgan fingerprint density at radius 1 is 1.37 bits per heavy atom. The fourth-order valence-electron chi connectivity index (χ4n) is 2.45. The number of hydrogen-bond acceptors (Lipinski definition) is 4. The van der Waals surface area contributed by atoms with Crippen LogP contribution in [0, 0.1) is 5.92 Å². The van der Waals surface area contributed by atoms with Crippen LogP contribution < -0.4 is 5.32 Å². The summed E-state index contributed by atoms with van der Waals surface area (Å²) in [6.45, 7) is 6.33. The summed E-state index contributed by atoms with van der Waals surface area (Å²) in [5.41, 5.74) is -0.259. The van der Waals surface area contributed by atoms with Crippen molar-refractivity contribution < 1.29 is 14.4 Å². The van der Waals surface area contributed by atoms with Gasteiger partial charge in [-0.25, -0.2) is 0 Å². The van der Waals surface area contributed by atoms with Gasteiger partial charge in [-0.2, -0.15) is 0 Å². The number of likely N-dealkylation sites (tertiary alicyclic amines) is 1. The highest BCUT2D eigenvalue weighted by Gasteiger charge is 2.40. The number of amides is 2. The molecule has 2 aliphatic rings. The SMILES string of the molecule is CC(C)(C)N1C[C@@H](C(=O)N[C@H]2CCSC2=O)CC1=O. The lowest BCUT2D eigenvalue weighted by molar-refractivity contribution is -0.132. The maximum Gasteiger partial charge on any atom is 0.226 e. The number of hydrogen-bond donors (Lipinski definition) is 1. The first-order valence-electron chi connectivity index (χ1n) is 6.56. The first-order valence-corrected chi connectivity index (χ1v) is 7.55. The summed E-state index contributed by atoms with van der Waals surface area (Å²) in [7, 11) is 0. The molecular formula is C13H20N2O3S. The molecular weight excluding hydrogens is 264 g/mol. The van der Waals surface area contributed by atoms with Gasteiger partial charge in [0.05, 0.1) is 12.0 Å². The standard InChI is InChI=1S/C13H20N2O3S/c1-13(2,3)15-7-8(6-10(15)16)11(17)14-9-4-5-19-12(9)18/h8-9H,4-7H2,1-3H3,(H,14,17)/t8-,9-/m0/s1. The maximum atomic E-state index is 12.1. The molecule has 2 rings (SSSR count). The molecule has 0 unspecified atom stereocenters. The molecule has 2 aliphatic heterocycles. The normalized spacial score (nSPS) is 28.1. The molecule has 0 radical (unpaired) electrons. The highest BCUT2D eigenvalue weighted by Crippen LogP contribution is 2.26. The van der Waals surface area contributed by atoms with Crippen LogP contribution in [-0.4, -0.2) is 45.7 Å². The Bertz CT molecular complexity index is 417. The van der Waals surface area contributed by atoms with Gasteiger partial charge in [-0.3, -0.25) is 14.4 Å². The van der Waals surface area contributed by atoms with E-state index in [1.807, 2.05) is 20.8 Å². The Hall–Kier alpha value is -1.04. The van der Waals surface area contributed by atoms with Crippen LogP contribution in [-0.2, 0) is 14.4 Å². The monoisotopic (exact) mass is 284 g/mol. The zero-order chi connectivity index (χ0) is 14.2. The second kappa shape index (κ2) is 5.15. The molecule has 6 heteroatoms. The van der Waals surface area contributed by atoms with E-state index >= 15 is 0 Å². The molecule has 0 aliphatic carbocycles. The zero-order valence-electron chi connectivity index (χ0n) is 11.6. The molecule has 0 spiro atoms. The molecule has 2 heterocycles. The topological polar surface area (TPSA) is 66.5 Å². The molecule has 0 aromatic carbocycles. The van der Waals surface area contributed by atoms with E-state index in [1.165, 1.54) is 11.8 Å². The summed E-state index contributed by atoms with van der Waals surface area (Å²) >= 11 is 1.26. The van der Waals surface area contributed by atoms with E-state index < -0.39 is 0 Å². The zero-order valence-corrected chi connectivity index (χ0v) is 12.4. The third-order valence-electron chi connectivity index (χ3n) is 3.56. The lowest BCUT2D eigenvalue weighted by atomic mass is 10.1. The Morgan fingerprint density at radius 3 is 2.53 bits per heavy atom. The van der Waals surface area contributed by atoms with E-state index in [0.29, 0.717) is 13.0 Å². The molecule has 106 valence electrons. The molecule has 2 amide bonds. The highest BCUT2D eigenvalue weighted by atomic mass is 32.2. The molecule has 2 fully saturated rings. The van der Waals surface area contributed by atoms with E-state index in [9.17, 15) is 14.4 Å². The van der Waals surface area contributed by atoms with Crippen molar-refractivity contribution in [3.63, 3.8) is 0 Å². The summed E-state index contributed by atoms with van der Waals surface area (Å²) in [6, 6.07) is -0.365. The minimum atomic E-state index is -0.365. The van der Waals surface area contributed by atoms with Gasteiger partial charge in [-0.15, -0.1) is 0 Å². The van der Waals surface area contributed by atoms with E-state index in [4.69, 9.17) is 0 Å². The van der Waals surface area contributed by atoms with E-state index in [0.717, 1.165) is 5.75 Å². The van der Waals surface area contributed by atoms with Gasteiger partial charge in [0.15, 0.2) is 0 Å². The van der Waals surface area contributed by atoms with Crippen LogP contribution in [0.5, 0.6) is 0 Å². The van der Waals surface area contributed by atoms with E-state index in [1.54, 1.807) is 4.90 Å². The molecule has 5 nitrogen and oxygen atoms in total. The van der Waals surface area contributed by atoms with Gasteiger partial charge in [0, 0.05) is 24.3 Å². The van der Waals surface area contributed by atoms with Gasteiger partial charge < -0.3 is 10.2 Å². The first-order chi connectivity index (χ1) is 8.79. The van der Waals surface area contributed by atoms with Crippen LogP contribution in [0.15, 0.2) is 0 Å². The summed E-state index contributed by atoms with van der Waals surface area (Å²) in [5.74, 6) is 0.285. The van der Waals surface area contributed by atoms with Crippen LogP contribution in [0.1, 0.15) is 33.6 Å². The second-order valence-electron chi connectivity index (χ2n) is 6.09. The average molecular weight is 284 g/mol. The molecule has 1 N–H and O–H groups in total. The van der Waals surface area contributed by atoms with E-state index in [-0.39, 0.29) is 40.8 Å². The van der Waals surface area contributed by atoms with Crippen LogP contribution >= 0.6 is 11.8 Å². The van der Waals surface area contributed by atoms with Crippen LogP contribution in [0.25, 0.3) is 0 Å². The number of thioether (sulfide) groups is 1. The maximum absolute atomic E-state index is 12.1. The summed E-state index contributed by atoms with van der Waals surface area (Å²) in [5, 5.41) is 2.81. The van der Waals surface area contributed by atoms with Crippen molar-refractivity contribution in [2.45, 2.75) is 45.2 Å². The minimum Gasteiger partial charge on any atom is -0.345 e. The molecule has 0 bridgehead atoms. The predicted octanol–water partition coefficient (Wildman–Crippen LogP) is 0.782. The van der Waals surface area contributed by atoms with Gasteiger partial charge in [0.2, 0.25) is 16.9 Å². The number of nitrogens with zero attached hydrogens (tertiary/aromatic N) is 1. The van der Waals surface area contributed by atoms with E-state index in [2.05, 4.69) is 5.32 Å². The average Bonchev–Trinajstić information content (AvgIpc) is 2.85. The van der Waals surface area contributed by atoms with Gasteiger partial charge in [-0.05, 0) is 27.2 Å². The summed E-state index contributed by atoms with van der Waals surface area (Å²) in [4.78, 5) is 37.2. The smallest absolute Gasteiger partial charge is 0.226 e. The Kier molecular flexibility index (Phi) is 3.90. The lowest BCUT2D eigenvalue weighted by Crippen LogP contribution is -2.44. The Morgan fingerprint density at radius 2 is 2.05 bits per heavy atom. The first kappa shape index (κ1) is 14.4. The largest absolute Gasteiger partial charge is 0.345 e. The van der Waals surface area contributed by atoms with Crippen molar-refractivity contribution in [3.05, 3.63) is 0 Å². The third-order valence-corrected chi connectivity index (χ3v) is 4.57. The highest BCUT2D eigenvalue weighted by molar-refractivity contribution is 8.14. The minimum absolute atomic E-state index is 0.0137. The van der Waals surface area contributed by atoms with Crippen molar-refractivity contribution in [2.75, 3.05) is 12.3 Å². The fourth-order valence-corrected chi connectivity index (χ4v) is 3.38. The van der Waals surface area contributed by atoms with Gasteiger partial charge in [0.25, 0.3) is 0 Å². The number of carbonyl (C=O) groups is 3. The quantitative estimate of drug-likeness (QED) is 0.814. The van der Waals surface area contributed by atoms with Crippen LogP contribution in [0.4, 0.5) is 0 Å². The molecule has 19 heavy (non-hydrogen) atoms. The number of nitrogens with one attached hydrogen (secondary N) is 1. The molecule has 2 saturated heterocycles. The van der Waals surface area contributed by atoms with Crippen molar-refractivity contribution in [3.8, 4) is 0 Å². The Balaban J connectivity index is 1.95. The van der Waals surface area contributed by atoms with Gasteiger partial charge >= 0.3 is 0 Å². The lowest BCUT2D eigenvalue weighted by Gasteiger charge is -2.32. The van der Waals surface area contributed by atoms with Crippen LogP contribution in [0.2, 0.25) is 0 Å². The number of carbonyl (C=O) groups excluding carboxylic acids is 3. The number of rotatable bonds is 2. The van der Waals surface area contributed by atoms with Crippen molar-refractivity contribution in [2.24, 2.45) is 5.92 Å². The summed E-state index contributed by atoms with van der Waals surface area (Å²) < 4.78 is 0. The predicted molar refractivity (Wildman–Crippen MR) is 73.6 cm³/mol. The fraction of sp³-hybridized carbons (Fsp3) is 0.769. The summed E-state index contributed by atoms with van der Waals surface area (Å²) in [6.07, 6.45) is 0.941. The van der Waals surface area contributed by atoms with Crippen molar-refractivity contribution in [1.29, 1.82) is 0 Å². The molecule has 0 aromatic rings. The van der Waals surface area contributed by atoms with Gasteiger partial charge in [-0.1, -0.05) is 11.8 Å². The third kappa shape index (κ3) is 3.11. The Labute approximate surface area is 117 Å². The van der Waals surface area contributed by atoms with Gasteiger partial charge in [0.1, 0.15) is 0 Å². The second-order valence-corrected chi connectivity index (χ2v) is 7.19. The van der Waals surface area contributed by atoms with Crippen molar-refractivity contribution >= 4 is 28.7 Å². The van der Waals surface area contributed by atoms with Crippen LogP contribution in [0.3, 0.4) is 0 Å². The van der Waals surface area contributed by atoms with Crippen molar-refractivity contribution in [1.82, 2.24) is 10.2 Å². The molecule has 2 atom stereocenters. The molecule has 0 aromatic heterocycles. The molecule has 0 saturated carbocycles.